The molecule has 0 spiro atoms. The molecular weight excluding hydrogens is 260 g/mol. The lowest BCUT2D eigenvalue weighted by Gasteiger charge is -2.32. The minimum Gasteiger partial charge on any atom is -0.398 e. The summed E-state index contributed by atoms with van der Waals surface area (Å²) in [5.41, 5.74) is 6.10. The molecule has 2 N–H and O–H groups in total. The number of rotatable bonds is 4. The average Bonchev–Trinajstić information content (AvgIpc) is 2.38. The highest BCUT2D eigenvalue weighted by Gasteiger charge is 2.23. The highest BCUT2D eigenvalue weighted by molar-refractivity contribution is 7.91. The number of anilines is 1. The van der Waals surface area contributed by atoms with Crippen LogP contribution in [0.2, 0.25) is 0 Å². The molecule has 1 aromatic carbocycles. The van der Waals surface area contributed by atoms with Crippen molar-refractivity contribution in [1.29, 1.82) is 0 Å². The summed E-state index contributed by atoms with van der Waals surface area (Å²) in [5.74, 6) is 0.177. The fraction of sp³-hybridized carbons (Fsp3) is 0.571. The molecule has 0 aromatic heterocycles. The number of piperidine rings is 1. The van der Waals surface area contributed by atoms with Gasteiger partial charge in [-0.3, -0.25) is 0 Å². The molecular formula is C14H22N2O2S. The Hall–Kier alpha value is -1.07. The first-order valence-electron chi connectivity index (χ1n) is 6.78. The van der Waals surface area contributed by atoms with E-state index in [2.05, 4.69) is 11.9 Å². The van der Waals surface area contributed by atoms with Crippen molar-refractivity contribution in [3.63, 3.8) is 0 Å². The normalized spacial score (nSPS) is 21.4. The van der Waals surface area contributed by atoms with Gasteiger partial charge in [-0.15, -0.1) is 0 Å². The first-order chi connectivity index (χ1) is 9.00. The molecule has 0 aliphatic carbocycles. The molecule has 4 nitrogen and oxygen atoms in total. The lowest BCUT2D eigenvalue weighted by atomic mass is 10.0. The molecule has 1 aliphatic rings. The van der Waals surface area contributed by atoms with Gasteiger partial charge in [0.1, 0.15) is 0 Å². The fourth-order valence-corrected chi connectivity index (χ4v) is 4.19. The number of likely N-dealkylation sites (tertiary alicyclic amines) is 1. The molecule has 5 heteroatoms. The van der Waals surface area contributed by atoms with Crippen LogP contribution in [0.4, 0.5) is 5.69 Å². The molecule has 1 aliphatic heterocycles. The number of hydrogen-bond acceptors (Lipinski definition) is 4. The Morgan fingerprint density at radius 3 is 2.74 bits per heavy atom. The summed E-state index contributed by atoms with van der Waals surface area (Å²) in [6.07, 6.45) is 4.19. The first kappa shape index (κ1) is 14.3. The van der Waals surface area contributed by atoms with E-state index in [-0.39, 0.29) is 10.6 Å². The van der Waals surface area contributed by atoms with E-state index in [0.29, 0.717) is 18.2 Å². The Balaban J connectivity index is 2.04. The Morgan fingerprint density at radius 2 is 2.05 bits per heavy atom. The second kappa shape index (κ2) is 5.92. The van der Waals surface area contributed by atoms with E-state index >= 15 is 0 Å². The van der Waals surface area contributed by atoms with Gasteiger partial charge in [-0.05, 0) is 45.0 Å². The SMILES string of the molecule is CN1CCCCC1CCS(=O)(=O)c1ccccc1N. The minimum atomic E-state index is -3.27. The zero-order valence-electron chi connectivity index (χ0n) is 11.4. The van der Waals surface area contributed by atoms with E-state index in [1.54, 1.807) is 24.3 Å². The van der Waals surface area contributed by atoms with Crippen LogP contribution in [0.1, 0.15) is 25.7 Å². The van der Waals surface area contributed by atoms with Crippen LogP contribution in [-0.2, 0) is 9.84 Å². The van der Waals surface area contributed by atoms with Gasteiger partial charge in [0.2, 0.25) is 0 Å². The van der Waals surface area contributed by atoms with Gasteiger partial charge in [0, 0.05) is 6.04 Å². The van der Waals surface area contributed by atoms with E-state index in [4.69, 9.17) is 5.73 Å². The van der Waals surface area contributed by atoms with Crippen LogP contribution in [-0.4, -0.2) is 38.7 Å². The van der Waals surface area contributed by atoms with Gasteiger partial charge in [0.25, 0.3) is 0 Å². The van der Waals surface area contributed by atoms with Crippen LogP contribution in [0.15, 0.2) is 29.2 Å². The zero-order chi connectivity index (χ0) is 13.9. The van der Waals surface area contributed by atoms with Gasteiger partial charge in [0.05, 0.1) is 16.3 Å². The third-order valence-corrected chi connectivity index (χ3v) is 5.71. The second-order valence-corrected chi connectivity index (χ2v) is 7.35. The van der Waals surface area contributed by atoms with Crippen molar-refractivity contribution < 1.29 is 8.42 Å². The summed E-state index contributed by atoms with van der Waals surface area (Å²) in [7, 11) is -1.19. The van der Waals surface area contributed by atoms with Crippen LogP contribution in [0, 0.1) is 0 Å². The molecule has 1 fully saturated rings. The topological polar surface area (TPSA) is 63.4 Å². The van der Waals surface area contributed by atoms with E-state index in [1.807, 2.05) is 0 Å². The number of hydrogen-bond donors (Lipinski definition) is 1. The number of nitrogens with two attached hydrogens (primary N) is 1. The quantitative estimate of drug-likeness (QED) is 0.857. The van der Waals surface area contributed by atoms with E-state index in [9.17, 15) is 8.42 Å². The molecule has 0 radical (unpaired) electrons. The van der Waals surface area contributed by atoms with Crippen LogP contribution in [0.25, 0.3) is 0 Å². The van der Waals surface area contributed by atoms with Crippen molar-refractivity contribution in [2.24, 2.45) is 0 Å². The molecule has 1 saturated heterocycles. The summed E-state index contributed by atoms with van der Waals surface area (Å²) in [6, 6.07) is 7.09. The monoisotopic (exact) mass is 282 g/mol. The van der Waals surface area contributed by atoms with Crippen molar-refractivity contribution in [3.05, 3.63) is 24.3 Å². The van der Waals surface area contributed by atoms with Crippen molar-refractivity contribution >= 4 is 15.5 Å². The third-order valence-electron chi connectivity index (χ3n) is 3.90. The molecule has 0 saturated carbocycles. The maximum absolute atomic E-state index is 12.3. The van der Waals surface area contributed by atoms with Gasteiger partial charge in [-0.2, -0.15) is 0 Å². The van der Waals surface area contributed by atoms with E-state index in [1.165, 1.54) is 12.8 Å². The van der Waals surface area contributed by atoms with Crippen LogP contribution in [0.5, 0.6) is 0 Å². The Kier molecular flexibility index (Phi) is 4.47. The maximum atomic E-state index is 12.3. The molecule has 1 aromatic rings. The van der Waals surface area contributed by atoms with Crippen molar-refractivity contribution in [1.82, 2.24) is 4.90 Å². The van der Waals surface area contributed by atoms with Crippen LogP contribution >= 0.6 is 0 Å². The van der Waals surface area contributed by atoms with Gasteiger partial charge in [-0.1, -0.05) is 18.6 Å². The zero-order valence-corrected chi connectivity index (χ0v) is 12.2. The summed E-state index contributed by atoms with van der Waals surface area (Å²) < 4.78 is 24.6. The average molecular weight is 282 g/mol. The number of nitrogen functional groups attached to an aromatic ring is 1. The minimum absolute atomic E-state index is 0.177. The van der Waals surface area contributed by atoms with Crippen LogP contribution < -0.4 is 5.73 Å². The van der Waals surface area contributed by atoms with Gasteiger partial charge in [0.15, 0.2) is 9.84 Å². The number of para-hydroxylation sites is 1. The predicted octanol–water partition coefficient (Wildman–Crippen LogP) is 1.92. The fourth-order valence-electron chi connectivity index (χ4n) is 2.67. The standard InChI is InChI=1S/C14H22N2O2S/c1-16-10-5-4-6-12(16)9-11-19(17,18)14-8-3-2-7-13(14)15/h2-3,7-8,12H,4-6,9-11,15H2,1H3. The third kappa shape index (κ3) is 3.48. The van der Waals surface area contributed by atoms with Crippen LogP contribution in [0.3, 0.4) is 0 Å². The largest absolute Gasteiger partial charge is 0.398 e. The maximum Gasteiger partial charge on any atom is 0.180 e. The number of nitrogens with zero attached hydrogens (tertiary/aromatic N) is 1. The molecule has 2 rings (SSSR count). The first-order valence-corrected chi connectivity index (χ1v) is 8.43. The predicted molar refractivity (Wildman–Crippen MR) is 77.8 cm³/mol. The molecule has 0 bridgehead atoms. The van der Waals surface area contributed by atoms with Crippen molar-refractivity contribution in [2.75, 3.05) is 25.1 Å². The smallest absolute Gasteiger partial charge is 0.180 e. The number of benzene rings is 1. The van der Waals surface area contributed by atoms with Crippen molar-refractivity contribution in [2.45, 2.75) is 36.6 Å². The number of sulfone groups is 1. The lowest BCUT2D eigenvalue weighted by molar-refractivity contribution is 0.181. The summed E-state index contributed by atoms with van der Waals surface area (Å²) in [6.45, 7) is 1.07. The Morgan fingerprint density at radius 1 is 1.32 bits per heavy atom. The summed E-state index contributed by atoms with van der Waals surface area (Å²) in [5, 5.41) is 0. The Labute approximate surface area is 115 Å². The van der Waals surface area contributed by atoms with Gasteiger partial charge >= 0.3 is 0 Å². The van der Waals surface area contributed by atoms with Crippen molar-refractivity contribution in [3.8, 4) is 0 Å². The molecule has 19 heavy (non-hydrogen) atoms. The summed E-state index contributed by atoms with van der Waals surface area (Å²) in [4.78, 5) is 2.54. The highest BCUT2D eigenvalue weighted by Crippen LogP contribution is 2.23. The van der Waals surface area contributed by atoms with Gasteiger partial charge < -0.3 is 10.6 Å². The highest BCUT2D eigenvalue weighted by atomic mass is 32.2. The molecule has 106 valence electrons. The second-order valence-electron chi connectivity index (χ2n) is 5.28. The van der Waals surface area contributed by atoms with E-state index < -0.39 is 9.84 Å². The molecule has 0 amide bonds. The molecule has 1 heterocycles. The Bertz CT molecular complexity index is 528. The van der Waals surface area contributed by atoms with Gasteiger partial charge in [-0.25, -0.2) is 8.42 Å². The summed E-state index contributed by atoms with van der Waals surface area (Å²) >= 11 is 0. The molecule has 1 atom stereocenters. The van der Waals surface area contributed by atoms with E-state index in [0.717, 1.165) is 13.0 Å². The molecule has 1 unspecified atom stereocenters. The lowest BCUT2D eigenvalue weighted by Crippen LogP contribution is -2.37.